The summed E-state index contributed by atoms with van der Waals surface area (Å²) in [5, 5.41) is 3.72. The highest BCUT2D eigenvalue weighted by molar-refractivity contribution is 6.30. The van der Waals surface area contributed by atoms with Crippen molar-refractivity contribution in [2.75, 3.05) is 13.1 Å². The number of nitrogens with zero attached hydrogens (tertiary/aromatic N) is 1. The average molecular weight is 407 g/mol. The first kappa shape index (κ1) is 22.7. The predicted molar refractivity (Wildman–Crippen MR) is 115 cm³/mol. The van der Waals surface area contributed by atoms with Crippen LogP contribution in [0.4, 0.5) is 0 Å². The number of amides is 2. The van der Waals surface area contributed by atoms with E-state index in [4.69, 9.17) is 11.6 Å². The molecule has 1 unspecified atom stereocenters. The van der Waals surface area contributed by atoms with E-state index in [9.17, 15) is 9.59 Å². The zero-order chi connectivity index (χ0) is 21.1. The molecule has 0 spiro atoms. The molecule has 28 heavy (non-hydrogen) atoms. The van der Waals surface area contributed by atoms with E-state index in [2.05, 4.69) is 31.3 Å². The number of carbonyl (C=O) groups excluding carboxylic acids is 2. The minimum atomic E-state index is -0.464. The van der Waals surface area contributed by atoms with Gasteiger partial charge in [-0.1, -0.05) is 65.3 Å². The number of hydrogen-bond donors (Lipinski definition) is 1. The third-order valence-electron chi connectivity index (χ3n) is 5.66. The van der Waals surface area contributed by atoms with Crippen LogP contribution in [0.25, 0.3) is 0 Å². The third-order valence-corrected chi connectivity index (χ3v) is 5.91. The lowest BCUT2D eigenvalue weighted by molar-refractivity contribution is -0.140. The van der Waals surface area contributed by atoms with Crippen LogP contribution in [-0.2, 0) is 9.59 Å². The molecule has 0 aromatic heterocycles. The van der Waals surface area contributed by atoms with Crippen molar-refractivity contribution >= 4 is 23.4 Å². The molecule has 1 aliphatic rings. The van der Waals surface area contributed by atoms with Crippen LogP contribution in [0.15, 0.2) is 24.3 Å². The summed E-state index contributed by atoms with van der Waals surface area (Å²) in [6.45, 7) is 13.8. The van der Waals surface area contributed by atoms with Gasteiger partial charge in [-0.05, 0) is 47.3 Å². The fraction of sp³-hybridized carbons (Fsp3) is 0.652. The van der Waals surface area contributed by atoms with E-state index in [1.54, 1.807) is 0 Å². The van der Waals surface area contributed by atoms with E-state index in [0.717, 1.165) is 11.4 Å². The van der Waals surface area contributed by atoms with Crippen molar-refractivity contribution in [2.45, 2.75) is 66.3 Å². The molecule has 2 atom stereocenters. The van der Waals surface area contributed by atoms with Gasteiger partial charge in [-0.3, -0.25) is 9.59 Å². The maximum Gasteiger partial charge on any atom is 0.245 e. The van der Waals surface area contributed by atoms with Gasteiger partial charge in [0.25, 0.3) is 0 Å². The van der Waals surface area contributed by atoms with Gasteiger partial charge in [0, 0.05) is 24.5 Å². The van der Waals surface area contributed by atoms with E-state index >= 15 is 0 Å². The van der Waals surface area contributed by atoms with Gasteiger partial charge in [-0.15, -0.1) is 0 Å². The molecular formula is C23H35ClN2O2. The van der Waals surface area contributed by atoms with Crippen molar-refractivity contribution in [3.05, 3.63) is 34.9 Å². The Balaban J connectivity index is 2.10. The molecule has 4 nitrogen and oxygen atoms in total. The van der Waals surface area contributed by atoms with Gasteiger partial charge in [0.1, 0.15) is 6.04 Å². The van der Waals surface area contributed by atoms with E-state index < -0.39 is 6.04 Å². The van der Waals surface area contributed by atoms with Crippen molar-refractivity contribution in [3.8, 4) is 0 Å². The van der Waals surface area contributed by atoms with Crippen molar-refractivity contribution in [1.82, 2.24) is 10.2 Å². The molecule has 1 aromatic rings. The maximum absolute atomic E-state index is 13.2. The molecule has 0 bridgehead atoms. The zero-order valence-electron chi connectivity index (χ0n) is 18.1. The summed E-state index contributed by atoms with van der Waals surface area (Å²) in [7, 11) is 0. The predicted octanol–water partition coefficient (Wildman–Crippen LogP) is 4.87. The second kappa shape index (κ2) is 9.30. The Kier molecular flexibility index (Phi) is 7.55. The number of likely N-dealkylation sites (tertiary alicyclic amines) is 1. The zero-order valence-corrected chi connectivity index (χ0v) is 18.8. The molecule has 1 saturated heterocycles. The highest BCUT2D eigenvalue weighted by atomic mass is 35.5. The van der Waals surface area contributed by atoms with Crippen LogP contribution in [0.2, 0.25) is 5.02 Å². The highest BCUT2D eigenvalue weighted by Gasteiger charge is 2.40. The van der Waals surface area contributed by atoms with Crippen molar-refractivity contribution in [1.29, 1.82) is 0 Å². The number of carbonyl (C=O) groups is 2. The first-order valence-corrected chi connectivity index (χ1v) is 10.7. The minimum absolute atomic E-state index is 0.0368. The lowest BCUT2D eigenvalue weighted by Gasteiger charge is -2.45. The molecule has 5 heteroatoms. The molecule has 1 heterocycles. The summed E-state index contributed by atoms with van der Waals surface area (Å²) in [4.78, 5) is 27.4. The Morgan fingerprint density at radius 3 is 2.29 bits per heavy atom. The molecule has 0 aliphatic carbocycles. The van der Waals surface area contributed by atoms with Gasteiger partial charge in [-0.25, -0.2) is 0 Å². The standard InChI is InChI=1S/C23H35ClN2O2/c1-15(2)13-20(27)25-21(16(3)4)22(28)26-12-11-19(23(5,6)14-26)17-7-9-18(24)10-8-17/h7-10,15-16,19,21H,11-14H2,1-6H3,(H,25,27)/t19?,21-/m1/s1. The van der Waals surface area contributed by atoms with Crippen LogP contribution in [0.5, 0.6) is 0 Å². The second-order valence-electron chi connectivity index (χ2n) is 9.53. The number of piperidine rings is 1. The summed E-state index contributed by atoms with van der Waals surface area (Å²) in [6.07, 6.45) is 1.35. The quantitative estimate of drug-likeness (QED) is 0.732. The van der Waals surface area contributed by atoms with Crippen LogP contribution in [-0.4, -0.2) is 35.8 Å². The van der Waals surface area contributed by atoms with Gasteiger partial charge in [0.05, 0.1) is 0 Å². The molecule has 1 N–H and O–H groups in total. The highest BCUT2D eigenvalue weighted by Crippen LogP contribution is 2.42. The molecule has 1 fully saturated rings. The normalized spacial score (nSPS) is 20.3. The molecule has 0 saturated carbocycles. The maximum atomic E-state index is 13.2. The Bertz CT molecular complexity index is 682. The molecule has 1 aromatic carbocycles. The van der Waals surface area contributed by atoms with Crippen molar-refractivity contribution in [3.63, 3.8) is 0 Å². The second-order valence-corrected chi connectivity index (χ2v) is 9.96. The summed E-state index contributed by atoms with van der Waals surface area (Å²) < 4.78 is 0. The number of rotatable bonds is 6. The number of hydrogen-bond acceptors (Lipinski definition) is 2. The third kappa shape index (κ3) is 5.73. The molecule has 2 amide bonds. The van der Waals surface area contributed by atoms with E-state index in [1.165, 1.54) is 5.56 Å². The van der Waals surface area contributed by atoms with Crippen LogP contribution >= 0.6 is 11.6 Å². The van der Waals surface area contributed by atoms with Crippen LogP contribution in [0.1, 0.15) is 65.9 Å². The molecule has 156 valence electrons. The fourth-order valence-electron chi connectivity index (χ4n) is 4.17. The van der Waals surface area contributed by atoms with Crippen LogP contribution in [0, 0.1) is 17.3 Å². The monoisotopic (exact) mass is 406 g/mol. The summed E-state index contributed by atoms with van der Waals surface area (Å²) in [5.41, 5.74) is 1.22. The fourth-order valence-corrected chi connectivity index (χ4v) is 4.30. The van der Waals surface area contributed by atoms with Crippen LogP contribution < -0.4 is 5.32 Å². The first-order valence-electron chi connectivity index (χ1n) is 10.3. The van der Waals surface area contributed by atoms with Crippen LogP contribution in [0.3, 0.4) is 0 Å². The SMILES string of the molecule is CC(C)CC(=O)N[C@@H](C(=O)N1CCC(c2ccc(Cl)cc2)C(C)(C)C1)C(C)C. The topological polar surface area (TPSA) is 49.4 Å². The summed E-state index contributed by atoms with van der Waals surface area (Å²) in [5.74, 6) is 0.701. The Hall–Kier alpha value is -1.55. The molecule has 2 rings (SSSR count). The van der Waals surface area contributed by atoms with Gasteiger partial charge >= 0.3 is 0 Å². The van der Waals surface area contributed by atoms with Crippen molar-refractivity contribution < 1.29 is 9.59 Å². The summed E-state index contributed by atoms with van der Waals surface area (Å²) in [6, 6.07) is 7.59. The average Bonchev–Trinajstić information content (AvgIpc) is 2.58. The lowest BCUT2D eigenvalue weighted by Crippen LogP contribution is -2.56. The Morgan fingerprint density at radius 1 is 1.18 bits per heavy atom. The van der Waals surface area contributed by atoms with Gasteiger partial charge < -0.3 is 10.2 Å². The molecule has 1 aliphatic heterocycles. The van der Waals surface area contributed by atoms with Gasteiger partial charge in [-0.2, -0.15) is 0 Å². The van der Waals surface area contributed by atoms with E-state index in [-0.39, 0.29) is 29.1 Å². The van der Waals surface area contributed by atoms with Crippen molar-refractivity contribution in [2.24, 2.45) is 17.3 Å². The van der Waals surface area contributed by atoms with Gasteiger partial charge in [0.15, 0.2) is 0 Å². The molecular weight excluding hydrogens is 372 g/mol. The van der Waals surface area contributed by atoms with E-state index in [1.807, 2.05) is 44.7 Å². The summed E-state index contributed by atoms with van der Waals surface area (Å²) >= 11 is 6.04. The van der Waals surface area contributed by atoms with E-state index in [0.29, 0.717) is 25.4 Å². The van der Waals surface area contributed by atoms with Gasteiger partial charge in [0.2, 0.25) is 11.8 Å². The smallest absolute Gasteiger partial charge is 0.245 e. The Morgan fingerprint density at radius 2 is 1.79 bits per heavy atom. The first-order chi connectivity index (χ1) is 13.0. The number of halogens is 1. The number of benzene rings is 1. The largest absolute Gasteiger partial charge is 0.344 e. The minimum Gasteiger partial charge on any atom is -0.344 e. The lowest BCUT2D eigenvalue weighted by atomic mass is 9.70. The number of nitrogens with one attached hydrogen (secondary N) is 1. The molecule has 0 radical (unpaired) electrons. The Labute approximate surface area is 175 Å².